The molecule has 1 N–H and O–H groups in total. The van der Waals surface area contributed by atoms with E-state index < -0.39 is 0 Å². The van der Waals surface area contributed by atoms with Crippen molar-refractivity contribution in [1.82, 2.24) is 10.2 Å². The van der Waals surface area contributed by atoms with Crippen molar-refractivity contribution in [2.75, 3.05) is 20.1 Å². The van der Waals surface area contributed by atoms with Crippen molar-refractivity contribution in [3.8, 4) is 0 Å². The maximum absolute atomic E-state index is 12.2. The van der Waals surface area contributed by atoms with Crippen molar-refractivity contribution in [3.63, 3.8) is 0 Å². The smallest absolute Gasteiger partial charge is 0.249 e. The van der Waals surface area contributed by atoms with Gasteiger partial charge in [-0.15, -0.1) is 11.3 Å². The molecule has 3 rings (SSSR count). The first-order valence-electron chi connectivity index (χ1n) is 7.33. The molecular weight excluding hydrogens is 272 g/mol. The Bertz CT molecular complexity index is 452. The number of likely N-dealkylation sites (tertiary alicyclic amines) is 1. The van der Waals surface area contributed by atoms with Crippen molar-refractivity contribution in [2.24, 2.45) is 0 Å². The average Bonchev–Trinajstić information content (AvgIpc) is 3.10. The fraction of sp³-hybridized carbons (Fsp3) is 0.667. The highest BCUT2D eigenvalue weighted by molar-refractivity contribution is 7.09. The minimum atomic E-state index is -0.252. The van der Waals surface area contributed by atoms with Gasteiger partial charge in [0.25, 0.3) is 0 Å². The van der Waals surface area contributed by atoms with Gasteiger partial charge in [0.05, 0.1) is 12.1 Å². The Kier molecular flexibility index (Phi) is 4.10. The zero-order chi connectivity index (χ0) is 14.0. The van der Waals surface area contributed by atoms with Gasteiger partial charge >= 0.3 is 0 Å². The number of hydrogen-bond acceptors (Lipinski definition) is 4. The Hall–Kier alpha value is -0.910. The molecule has 20 heavy (non-hydrogen) atoms. The fourth-order valence-electron chi connectivity index (χ4n) is 3.09. The molecular formula is C15H22N2O2S. The zero-order valence-electron chi connectivity index (χ0n) is 11.9. The van der Waals surface area contributed by atoms with Gasteiger partial charge in [-0.1, -0.05) is 6.07 Å². The number of hydrogen-bond donors (Lipinski definition) is 1. The van der Waals surface area contributed by atoms with Gasteiger partial charge in [-0.2, -0.15) is 0 Å². The van der Waals surface area contributed by atoms with Crippen LogP contribution in [0.2, 0.25) is 0 Å². The first-order valence-corrected chi connectivity index (χ1v) is 8.21. The summed E-state index contributed by atoms with van der Waals surface area (Å²) in [5, 5.41) is 5.02. The summed E-state index contributed by atoms with van der Waals surface area (Å²) in [4.78, 5) is 15.7. The van der Waals surface area contributed by atoms with Crippen LogP contribution in [0.3, 0.4) is 0 Å². The largest absolute Gasteiger partial charge is 0.362 e. The number of amides is 1. The second-order valence-electron chi connectivity index (χ2n) is 5.93. The topological polar surface area (TPSA) is 41.6 Å². The standard InChI is InChI=1S/C15H22N2O2S/c1-17-8-6-15(7-9-17)5-4-13(19-15)14(18)16-11-12-3-2-10-20-12/h2-3,10,13H,4-9,11H2,1H3,(H,16,18)/t13-/m0/s1. The molecule has 1 amide bonds. The molecule has 0 saturated carbocycles. The summed E-state index contributed by atoms with van der Waals surface area (Å²) in [6.07, 6.45) is 3.74. The number of nitrogens with one attached hydrogen (secondary N) is 1. The second-order valence-corrected chi connectivity index (χ2v) is 6.96. The molecule has 0 aliphatic carbocycles. The van der Waals surface area contributed by atoms with E-state index in [9.17, 15) is 4.79 Å². The molecule has 1 spiro atoms. The SMILES string of the molecule is CN1CCC2(CC[C@@H](C(=O)NCc3cccs3)O2)CC1. The molecule has 2 aliphatic heterocycles. The Morgan fingerprint density at radius 3 is 3.00 bits per heavy atom. The third-order valence-corrected chi connectivity index (χ3v) is 5.34. The first-order chi connectivity index (χ1) is 9.67. The van der Waals surface area contributed by atoms with Gasteiger partial charge in [-0.05, 0) is 44.2 Å². The molecule has 0 radical (unpaired) electrons. The van der Waals surface area contributed by atoms with Crippen molar-refractivity contribution in [1.29, 1.82) is 0 Å². The number of thiophene rings is 1. The summed E-state index contributed by atoms with van der Waals surface area (Å²) in [6, 6.07) is 4.05. The Labute approximate surface area is 124 Å². The van der Waals surface area contributed by atoms with E-state index in [1.165, 1.54) is 4.88 Å². The number of nitrogens with zero attached hydrogens (tertiary/aromatic N) is 1. The van der Waals surface area contributed by atoms with E-state index in [1.54, 1.807) is 11.3 Å². The highest BCUT2D eigenvalue weighted by Gasteiger charge is 2.44. The monoisotopic (exact) mass is 294 g/mol. The Morgan fingerprint density at radius 1 is 1.50 bits per heavy atom. The van der Waals surface area contributed by atoms with Crippen LogP contribution in [0.5, 0.6) is 0 Å². The van der Waals surface area contributed by atoms with Crippen LogP contribution in [-0.4, -0.2) is 42.6 Å². The molecule has 1 aromatic rings. The summed E-state index contributed by atoms with van der Waals surface area (Å²) < 4.78 is 6.13. The summed E-state index contributed by atoms with van der Waals surface area (Å²) in [6.45, 7) is 2.76. The third-order valence-electron chi connectivity index (χ3n) is 4.46. The zero-order valence-corrected chi connectivity index (χ0v) is 12.7. The molecule has 3 heterocycles. The molecule has 110 valence electrons. The molecule has 0 aromatic carbocycles. The lowest BCUT2D eigenvalue weighted by Crippen LogP contribution is -2.44. The average molecular weight is 294 g/mol. The predicted octanol–water partition coefficient (Wildman–Crippen LogP) is 2.01. The third kappa shape index (κ3) is 3.05. The van der Waals surface area contributed by atoms with E-state index in [1.807, 2.05) is 17.5 Å². The number of rotatable bonds is 3. The molecule has 2 saturated heterocycles. The van der Waals surface area contributed by atoms with Crippen molar-refractivity contribution < 1.29 is 9.53 Å². The van der Waals surface area contributed by atoms with Crippen LogP contribution in [-0.2, 0) is 16.1 Å². The Morgan fingerprint density at radius 2 is 2.30 bits per heavy atom. The van der Waals surface area contributed by atoms with Gasteiger partial charge in [-0.3, -0.25) is 4.79 Å². The maximum atomic E-state index is 12.2. The minimum absolute atomic E-state index is 0.0303. The fourth-order valence-corrected chi connectivity index (χ4v) is 3.74. The lowest BCUT2D eigenvalue weighted by molar-refractivity contribution is -0.140. The molecule has 2 aliphatic rings. The molecule has 1 aromatic heterocycles. The summed E-state index contributed by atoms with van der Waals surface area (Å²) in [5.41, 5.74) is -0.0303. The van der Waals surface area contributed by atoms with Gasteiger partial charge in [0.1, 0.15) is 6.10 Å². The molecule has 0 unspecified atom stereocenters. The maximum Gasteiger partial charge on any atom is 0.249 e. The van der Waals surface area contributed by atoms with Gasteiger partial charge < -0.3 is 15.0 Å². The molecule has 1 atom stereocenters. The molecule has 2 fully saturated rings. The van der Waals surface area contributed by atoms with Gasteiger partial charge in [0.2, 0.25) is 5.91 Å². The number of carbonyl (C=O) groups excluding carboxylic acids is 1. The minimum Gasteiger partial charge on any atom is -0.362 e. The molecule has 0 bridgehead atoms. The summed E-state index contributed by atoms with van der Waals surface area (Å²) >= 11 is 1.67. The summed E-state index contributed by atoms with van der Waals surface area (Å²) in [5.74, 6) is 0.0502. The van der Waals surface area contributed by atoms with Gasteiger partial charge in [0.15, 0.2) is 0 Å². The highest BCUT2D eigenvalue weighted by atomic mass is 32.1. The molecule has 5 heteroatoms. The van der Waals surface area contributed by atoms with Gasteiger partial charge in [-0.25, -0.2) is 0 Å². The first kappa shape index (κ1) is 14.0. The van der Waals surface area contributed by atoms with Crippen LogP contribution >= 0.6 is 11.3 Å². The van der Waals surface area contributed by atoms with E-state index in [-0.39, 0.29) is 17.6 Å². The Balaban J connectivity index is 1.50. The van der Waals surface area contributed by atoms with Crippen LogP contribution in [0.25, 0.3) is 0 Å². The van der Waals surface area contributed by atoms with E-state index in [0.29, 0.717) is 6.54 Å². The van der Waals surface area contributed by atoms with Crippen LogP contribution in [0.1, 0.15) is 30.6 Å². The lowest BCUT2D eigenvalue weighted by Gasteiger charge is -2.37. The van der Waals surface area contributed by atoms with E-state index in [4.69, 9.17) is 4.74 Å². The highest BCUT2D eigenvalue weighted by Crippen LogP contribution is 2.38. The normalized spacial score (nSPS) is 25.9. The van der Waals surface area contributed by atoms with Crippen LogP contribution in [0, 0.1) is 0 Å². The lowest BCUT2D eigenvalue weighted by atomic mass is 9.89. The number of carbonyl (C=O) groups is 1. The van der Waals surface area contributed by atoms with Crippen LogP contribution < -0.4 is 5.32 Å². The summed E-state index contributed by atoms with van der Waals surface area (Å²) in [7, 11) is 2.15. The van der Waals surface area contributed by atoms with Crippen LogP contribution in [0.15, 0.2) is 17.5 Å². The van der Waals surface area contributed by atoms with E-state index >= 15 is 0 Å². The quantitative estimate of drug-likeness (QED) is 0.927. The molecule has 4 nitrogen and oxygen atoms in total. The van der Waals surface area contributed by atoms with E-state index in [2.05, 4.69) is 17.3 Å². The van der Waals surface area contributed by atoms with Crippen LogP contribution in [0.4, 0.5) is 0 Å². The van der Waals surface area contributed by atoms with Crippen molar-refractivity contribution in [3.05, 3.63) is 22.4 Å². The van der Waals surface area contributed by atoms with E-state index in [0.717, 1.165) is 38.8 Å². The van der Waals surface area contributed by atoms with Gasteiger partial charge in [0, 0.05) is 18.0 Å². The number of piperidine rings is 1. The number of ether oxygens (including phenoxy) is 1. The van der Waals surface area contributed by atoms with Crippen molar-refractivity contribution >= 4 is 17.2 Å². The second kappa shape index (κ2) is 5.84. The van der Waals surface area contributed by atoms with Crippen molar-refractivity contribution in [2.45, 2.75) is 43.9 Å². The predicted molar refractivity (Wildman–Crippen MR) is 79.7 cm³/mol.